The van der Waals surface area contributed by atoms with Crippen LogP contribution in [0.4, 0.5) is 0 Å². The van der Waals surface area contributed by atoms with Crippen LogP contribution in [-0.4, -0.2) is 26.9 Å². The molecule has 2 aromatic rings. The zero-order valence-corrected chi connectivity index (χ0v) is 14.6. The van der Waals surface area contributed by atoms with E-state index < -0.39 is 6.10 Å². The van der Waals surface area contributed by atoms with Gasteiger partial charge in [0.1, 0.15) is 5.78 Å². The van der Waals surface area contributed by atoms with Crippen LogP contribution in [0.5, 0.6) is 0 Å². The lowest BCUT2D eigenvalue weighted by Gasteiger charge is -2.36. The van der Waals surface area contributed by atoms with Crippen LogP contribution in [0.25, 0.3) is 11.4 Å². The van der Waals surface area contributed by atoms with Gasteiger partial charge in [-0.05, 0) is 44.7 Å². The molecule has 3 atom stereocenters. The van der Waals surface area contributed by atoms with Gasteiger partial charge in [0.25, 0.3) is 5.89 Å². The van der Waals surface area contributed by atoms with Crippen molar-refractivity contribution >= 4 is 11.8 Å². The quantitative estimate of drug-likeness (QED) is 0.777. The molecule has 2 fully saturated rings. The van der Waals surface area contributed by atoms with Gasteiger partial charge in [-0.25, -0.2) is 0 Å². The van der Waals surface area contributed by atoms with Crippen molar-refractivity contribution in [1.29, 1.82) is 0 Å². The van der Waals surface area contributed by atoms with E-state index in [4.69, 9.17) is 9.26 Å². The molecule has 26 heavy (non-hydrogen) atoms. The topological polar surface area (TPSA) is 95.2 Å². The maximum absolute atomic E-state index is 12.6. The molecule has 0 aliphatic heterocycles. The number of hydrogen-bond acceptors (Lipinski definition) is 7. The molecule has 3 unspecified atom stereocenters. The van der Waals surface area contributed by atoms with E-state index in [1.54, 1.807) is 25.4 Å². The number of fused-ring (bicyclic) bond motifs is 2. The number of hydrogen-bond donors (Lipinski definition) is 0. The van der Waals surface area contributed by atoms with Gasteiger partial charge in [0, 0.05) is 29.8 Å². The van der Waals surface area contributed by atoms with Crippen molar-refractivity contribution in [2.24, 2.45) is 17.8 Å². The van der Waals surface area contributed by atoms with E-state index >= 15 is 0 Å². The Balaban J connectivity index is 1.40. The summed E-state index contributed by atoms with van der Waals surface area (Å²) in [5.41, 5.74) is 0.736. The molecule has 2 saturated carbocycles. The van der Waals surface area contributed by atoms with E-state index in [0.717, 1.165) is 24.8 Å². The lowest BCUT2D eigenvalue weighted by atomic mass is 9.67. The molecule has 0 amide bonds. The minimum Gasteiger partial charge on any atom is -0.452 e. The van der Waals surface area contributed by atoms with Crippen LogP contribution in [0.3, 0.4) is 0 Å². The highest BCUT2D eigenvalue weighted by Crippen LogP contribution is 2.40. The number of carbonyl (C=O) groups excluding carboxylic acids is 2. The number of Topliss-reactive ketones (excluding diaryl/α,β-unsaturated/α-hetero) is 1. The highest BCUT2D eigenvalue weighted by atomic mass is 16.6. The molecule has 0 aromatic carbocycles. The highest BCUT2D eigenvalue weighted by Gasteiger charge is 2.42. The number of ketones is 1. The Kier molecular flexibility index (Phi) is 4.53. The van der Waals surface area contributed by atoms with Crippen LogP contribution in [0.2, 0.25) is 0 Å². The maximum Gasteiger partial charge on any atom is 0.309 e. The lowest BCUT2D eigenvalue weighted by molar-refractivity contribution is -0.159. The van der Waals surface area contributed by atoms with Crippen molar-refractivity contribution in [3.8, 4) is 11.4 Å². The third kappa shape index (κ3) is 3.25. The van der Waals surface area contributed by atoms with Crippen LogP contribution < -0.4 is 0 Å². The summed E-state index contributed by atoms with van der Waals surface area (Å²) in [6.07, 6.45) is 6.76. The minimum absolute atomic E-state index is 0.0240. The Bertz CT molecular complexity index is 788. The summed E-state index contributed by atoms with van der Waals surface area (Å²) in [5.74, 6) is 0.561. The van der Waals surface area contributed by atoms with Gasteiger partial charge >= 0.3 is 5.97 Å². The molecule has 2 heterocycles. The van der Waals surface area contributed by atoms with E-state index in [0.29, 0.717) is 24.4 Å². The van der Waals surface area contributed by atoms with Gasteiger partial charge in [-0.2, -0.15) is 4.98 Å². The standard InChI is InChI=1S/C19H21N3O4/c1-11(18-21-17(22-26-18)14-6-3-7-20-10-14)25-19(24)15-8-12-4-2-5-13(9-15)16(12)23/h3,6-7,10-13,15H,2,4-5,8-9H2,1H3. The van der Waals surface area contributed by atoms with E-state index in [2.05, 4.69) is 15.1 Å². The Morgan fingerprint density at radius 1 is 1.31 bits per heavy atom. The van der Waals surface area contributed by atoms with E-state index in [1.807, 2.05) is 6.07 Å². The molecular formula is C19H21N3O4. The third-order valence-corrected chi connectivity index (χ3v) is 5.38. The third-order valence-electron chi connectivity index (χ3n) is 5.38. The summed E-state index contributed by atoms with van der Waals surface area (Å²) in [6.45, 7) is 1.72. The zero-order valence-electron chi connectivity index (χ0n) is 14.6. The van der Waals surface area contributed by atoms with Gasteiger partial charge < -0.3 is 9.26 Å². The van der Waals surface area contributed by atoms with Crippen LogP contribution in [0.1, 0.15) is 51.0 Å². The Morgan fingerprint density at radius 3 is 2.77 bits per heavy atom. The van der Waals surface area contributed by atoms with Crippen LogP contribution in [0, 0.1) is 17.8 Å². The molecule has 0 spiro atoms. The number of aromatic nitrogens is 3. The van der Waals surface area contributed by atoms with Gasteiger partial charge in [0.15, 0.2) is 6.10 Å². The van der Waals surface area contributed by atoms with Gasteiger partial charge in [0.05, 0.1) is 5.92 Å². The number of esters is 1. The van der Waals surface area contributed by atoms with Crippen molar-refractivity contribution in [3.63, 3.8) is 0 Å². The molecule has 2 aromatic heterocycles. The number of rotatable bonds is 4. The van der Waals surface area contributed by atoms with E-state index in [1.165, 1.54) is 0 Å². The highest BCUT2D eigenvalue weighted by molar-refractivity contribution is 5.87. The molecule has 2 aliphatic carbocycles. The zero-order chi connectivity index (χ0) is 18.1. The number of pyridine rings is 1. The summed E-state index contributed by atoms with van der Waals surface area (Å²) < 4.78 is 10.8. The largest absolute Gasteiger partial charge is 0.452 e. The lowest BCUT2D eigenvalue weighted by Crippen LogP contribution is -2.39. The van der Waals surface area contributed by atoms with Crippen molar-refractivity contribution < 1.29 is 18.8 Å². The monoisotopic (exact) mass is 355 g/mol. The second kappa shape index (κ2) is 6.97. The summed E-state index contributed by atoms with van der Waals surface area (Å²) in [6, 6.07) is 3.62. The smallest absolute Gasteiger partial charge is 0.309 e. The number of carbonyl (C=O) groups is 2. The summed E-state index contributed by atoms with van der Waals surface area (Å²) >= 11 is 0. The average molecular weight is 355 g/mol. The summed E-state index contributed by atoms with van der Waals surface area (Å²) in [5, 5.41) is 3.92. The van der Waals surface area contributed by atoms with Crippen LogP contribution in [-0.2, 0) is 14.3 Å². The van der Waals surface area contributed by atoms with Crippen molar-refractivity contribution in [2.45, 2.75) is 45.1 Å². The molecule has 2 aliphatic rings. The Labute approximate surface area is 151 Å². The molecule has 0 N–H and O–H groups in total. The van der Waals surface area contributed by atoms with E-state index in [-0.39, 0.29) is 29.6 Å². The summed E-state index contributed by atoms with van der Waals surface area (Å²) in [7, 11) is 0. The fourth-order valence-electron chi connectivity index (χ4n) is 4.01. The molecular weight excluding hydrogens is 334 g/mol. The molecule has 0 radical (unpaired) electrons. The first kappa shape index (κ1) is 16.9. The maximum atomic E-state index is 12.6. The fourth-order valence-corrected chi connectivity index (χ4v) is 4.01. The second-order valence-corrected chi connectivity index (χ2v) is 7.17. The first-order chi connectivity index (χ1) is 12.6. The van der Waals surface area contributed by atoms with Crippen molar-refractivity contribution in [2.75, 3.05) is 0 Å². The molecule has 4 rings (SSSR count). The normalized spacial score (nSPS) is 26.3. The van der Waals surface area contributed by atoms with E-state index in [9.17, 15) is 9.59 Å². The number of nitrogens with zero attached hydrogens (tertiary/aromatic N) is 3. The van der Waals surface area contributed by atoms with Crippen molar-refractivity contribution in [3.05, 3.63) is 30.4 Å². The molecule has 7 nitrogen and oxygen atoms in total. The average Bonchev–Trinajstić information content (AvgIpc) is 3.12. The van der Waals surface area contributed by atoms with Gasteiger partial charge in [-0.15, -0.1) is 0 Å². The fraction of sp³-hybridized carbons (Fsp3) is 0.526. The van der Waals surface area contributed by atoms with Gasteiger partial charge in [0.2, 0.25) is 5.82 Å². The van der Waals surface area contributed by atoms with Crippen molar-refractivity contribution in [1.82, 2.24) is 15.1 Å². The van der Waals surface area contributed by atoms with Gasteiger partial charge in [-0.3, -0.25) is 14.6 Å². The Morgan fingerprint density at radius 2 is 2.08 bits per heavy atom. The SMILES string of the molecule is CC(OC(=O)C1CC2CCCC(C1)C2=O)c1nc(-c2cccnc2)no1. The first-order valence-electron chi connectivity index (χ1n) is 9.10. The molecule has 136 valence electrons. The predicted octanol–water partition coefficient (Wildman–Crippen LogP) is 3.13. The predicted molar refractivity (Wildman–Crippen MR) is 90.6 cm³/mol. The molecule has 7 heteroatoms. The number of ether oxygens (including phenoxy) is 1. The van der Waals surface area contributed by atoms with Crippen LogP contribution in [0.15, 0.2) is 29.0 Å². The second-order valence-electron chi connectivity index (χ2n) is 7.17. The first-order valence-corrected chi connectivity index (χ1v) is 9.10. The molecule has 2 bridgehead atoms. The van der Waals surface area contributed by atoms with Gasteiger partial charge in [-0.1, -0.05) is 11.6 Å². The van der Waals surface area contributed by atoms with Crippen LogP contribution >= 0.6 is 0 Å². The Hall–Kier alpha value is -2.57. The molecule has 0 saturated heterocycles. The summed E-state index contributed by atoms with van der Waals surface area (Å²) in [4.78, 5) is 33.1. The minimum atomic E-state index is -0.627.